The number of hydrogen-bond acceptors (Lipinski definition) is 5. The fraction of sp³-hybridized carbons (Fsp3) is 0.909. The Kier molecular flexibility index (Phi) is 4.15. The highest BCUT2D eigenvalue weighted by molar-refractivity contribution is 5.76. The van der Waals surface area contributed by atoms with Crippen LogP contribution in [0.25, 0.3) is 0 Å². The molecular weight excluding hydrogens is 210 g/mol. The average molecular weight is 229 g/mol. The third-order valence-electron chi connectivity index (χ3n) is 2.69. The van der Waals surface area contributed by atoms with Gasteiger partial charge in [-0.15, -0.1) is 0 Å². The van der Waals surface area contributed by atoms with Gasteiger partial charge in [0.15, 0.2) is 0 Å². The predicted octanol–water partition coefficient (Wildman–Crippen LogP) is 0.0855. The number of carbonyl (C=O) groups is 1. The van der Waals surface area contributed by atoms with E-state index in [9.17, 15) is 4.79 Å². The largest absolute Gasteiger partial charge is 0.465 e. The molecule has 0 aromatic heterocycles. The third kappa shape index (κ3) is 3.43. The monoisotopic (exact) mass is 229 g/mol. The van der Waals surface area contributed by atoms with E-state index in [2.05, 4.69) is 5.32 Å². The highest BCUT2D eigenvalue weighted by atomic mass is 16.6. The molecule has 1 atom stereocenters. The highest BCUT2D eigenvalue weighted by Gasteiger charge is 2.30. The van der Waals surface area contributed by atoms with Gasteiger partial charge in [0, 0.05) is 6.04 Å². The number of hydrogen-bond donors (Lipinski definition) is 1. The Labute approximate surface area is 95.4 Å². The standard InChI is InChI=1S/C11H19NO4/c1-2-15-11(13)10(12-8-3-4-8)7-16-9-5-14-6-9/h8-10,12H,2-7H2,1H3. The topological polar surface area (TPSA) is 56.8 Å². The van der Waals surface area contributed by atoms with Gasteiger partial charge in [-0.2, -0.15) is 0 Å². The molecule has 2 rings (SSSR count). The molecule has 0 amide bonds. The molecule has 1 aliphatic carbocycles. The van der Waals surface area contributed by atoms with Gasteiger partial charge in [-0.3, -0.25) is 10.1 Å². The van der Waals surface area contributed by atoms with Gasteiger partial charge in [0.2, 0.25) is 0 Å². The molecule has 0 aromatic rings. The predicted molar refractivity (Wildman–Crippen MR) is 57.1 cm³/mol. The van der Waals surface area contributed by atoms with Gasteiger partial charge in [0.25, 0.3) is 0 Å². The van der Waals surface area contributed by atoms with E-state index in [1.807, 2.05) is 6.92 Å². The summed E-state index contributed by atoms with van der Waals surface area (Å²) < 4.78 is 15.6. The Hall–Kier alpha value is -0.650. The lowest BCUT2D eigenvalue weighted by Crippen LogP contribution is -2.46. The van der Waals surface area contributed by atoms with Gasteiger partial charge in [-0.25, -0.2) is 0 Å². The molecule has 5 heteroatoms. The maximum atomic E-state index is 11.6. The molecule has 0 radical (unpaired) electrons. The van der Waals surface area contributed by atoms with Crippen molar-refractivity contribution in [2.75, 3.05) is 26.4 Å². The second kappa shape index (κ2) is 5.61. The van der Waals surface area contributed by atoms with Crippen LogP contribution in [0.1, 0.15) is 19.8 Å². The van der Waals surface area contributed by atoms with Crippen molar-refractivity contribution in [1.29, 1.82) is 0 Å². The Morgan fingerprint density at radius 2 is 2.25 bits per heavy atom. The van der Waals surface area contributed by atoms with Crippen LogP contribution in [0.15, 0.2) is 0 Å². The second-order valence-corrected chi connectivity index (χ2v) is 4.24. The van der Waals surface area contributed by atoms with Crippen LogP contribution in [0.5, 0.6) is 0 Å². The fourth-order valence-corrected chi connectivity index (χ4v) is 1.50. The Balaban J connectivity index is 1.72. The first-order valence-electron chi connectivity index (χ1n) is 5.91. The summed E-state index contributed by atoms with van der Waals surface area (Å²) in [4.78, 5) is 11.6. The second-order valence-electron chi connectivity index (χ2n) is 4.24. The van der Waals surface area contributed by atoms with E-state index < -0.39 is 0 Å². The van der Waals surface area contributed by atoms with Crippen LogP contribution >= 0.6 is 0 Å². The van der Waals surface area contributed by atoms with E-state index in [1.165, 1.54) is 0 Å². The van der Waals surface area contributed by atoms with Crippen molar-refractivity contribution in [3.05, 3.63) is 0 Å². The zero-order valence-corrected chi connectivity index (χ0v) is 9.61. The lowest BCUT2D eigenvalue weighted by molar-refractivity contribution is -0.156. The summed E-state index contributed by atoms with van der Waals surface area (Å²) in [5.74, 6) is -0.213. The molecule has 1 unspecified atom stereocenters. The summed E-state index contributed by atoms with van der Waals surface area (Å²) >= 11 is 0. The summed E-state index contributed by atoms with van der Waals surface area (Å²) in [5.41, 5.74) is 0. The highest BCUT2D eigenvalue weighted by Crippen LogP contribution is 2.20. The third-order valence-corrected chi connectivity index (χ3v) is 2.69. The van der Waals surface area contributed by atoms with Gasteiger partial charge < -0.3 is 14.2 Å². The van der Waals surface area contributed by atoms with Crippen LogP contribution in [-0.4, -0.2) is 50.6 Å². The van der Waals surface area contributed by atoms with Crippen LogP contribution in [0.3, 0.4) is 0 Å². The zero-order chi connectivity index (χ0) is 11.4. The van der Waals surface area contributed by atoms with Crippen molar-refractivity contribution in [1.82, 2.24) is 5.32 Å². The Morgan fingerprint density at radius 3 is 2.75 bits per heavy atom. The van der Waals surface area contributed by atoms with Gasteiger partial charge in [0.05, 0.1) is 26.4 Å². The minimum Gasteiger partial charge on any atom is -0.465 e. The minimum absolute atomic E-state index is 0.151. The van der Waals surface area contributed by atoms with E-state index in [1.54, 1.807) is 0 Å². The number of nitrogens with one attached hydrogen (secondary N) is 1. The van der Waals surface area contributed by atoms with Gasteiger partial charge in [-0.1, -0.05) is 0 Å². The molecule has 0 spiro atoms. The van der Waals surface area contributed by atoms with Crippen LogP contribution < -0.4 is 5.32 Å². The van der Waals surface area contributed by atoms with E-state index in [4.69, 9.17) is 14.2 Å². The van der Waals surface area contributed by atoms with Gasteiger partial charge >= 0.3 is 5.97 Å². The van der Waals surface area contributed by atoms with Crippen LogP contribution in [0.2, 0.25) is 0 Å². The summed E-state index contributed by atoms with van der Waals surface area (Å²) in [5, 5.41) is 3.24. The van der Waals surface area contributed by atoms with Gasteiger partial charge in [0.1, 0.15) is 12.1 Å². The Morgan fingerprint density at radius 1 is 1.50 bits per heavy atom. The summed E-state index contributed by atoms with van der Waals surface area (Å²) in [7, 11) is 0. The number of esters is 1. The summed E-state index contributed by atoms with van der Waals surface area (Å²) in [6.07, 6.45) is 2.43. The Bertz CT molecular complexity index is 238. The lowest BCUT2D eigenvalue weighted by atomic mass is 10.3. The van der Waals surface area contributed by atoms with Crippen LogP contribution in [-0.2, 0) is 19.0 Å². The number of carbonyl (C=O) groups excluding carboxylic acids is 1. The first-order chi connectivity index (χ1) is 7.79. The first kappa shape index (κ1) is 11.8. The molecule has 1 heterocycles. The van der Waals surface area contributed by atoms with E-state index in [0.717, 1.165) is 12.8 Å². The molecule has 92 valence electrons. The zero-order valence-electron chi connectivity index (χ0n) is 9.61. The van der Waals surface area contributed by atoms with E-state index in [0.29, 0.717) is 32.5 Å². The molecule has 1 aliphatic heterocycles. The maximum absolute atomic E-state index is 11.6. The maximum Gasteiger partial charge on any atom is 0.325 e. The number of ether oxygens (including phenoxy) is 3. The molecule has 1 saturated heterocycles. The summed E-state index contributed by atoms with van der Waals surface area (Å²) in [6, 6.07) is 0.142. The van der Waals surface area contributed by atoms with Crippen LogP contribution in [0, 0.1) is 0 Å². The molecule has 0 bridgehead atoms. The first-order valence-corrected chi connectivity index (χ1v) is 5.91. The summed E-state index contributed by atoms with van der Waals surface area (Å²) in [6.45, 7) is 3.88. The fourth-order valence-electron chi connectivity index (χ4n) is 1.50. The van der Waals surface area contributed by atoms with E-state index in [-0.39, 0.29) is 18.1 Å². The SMILES string of the molecule is CCOC(=O)C(COC1COC1)NC1CC1. The smallest absolute Gasteiger partial charge is 0.325 e. The molecular formula is C11H19NO4. The van der Waals surface area contributed by atoms with Crippen molar-refractivity contribution in [2.45, 2.75) is 38.0 Å². The molecule has 5 nitrogen and oxygen atoms in total. The van der Waals surface area contributed by atoms with Gasteiger partial charge in [-0.05, 0) is 19.8 Å². The minimum atomic E-state index is -0.326. The molecule has 1 N–H and O–H groups in total. The normalized spacial score (nSPS) is 22.6. The molecule has 2 aliphatic rings. The number of rotatable bonds is 7. The quantitative estimate of drug-likeness (QED) is 0.627. The molecule has 0 aromatic carbocycles. The van der Waals surface area contributed by atoms with Crippen LogP contribution in [0.4, 0.5) is 0 Å². The molecule has 16 heavy (non-hydrogen) atoms. The molecule has 2 fully saturated rings. The lowest BCUT2D eigenvalue weighted by Gasteiger charge is -2.28. The van der Waals surface area contributed by atoms with Crippen molar-refractivity contribution < 1.29 is 19.0 Å². The van der Waals surface area contributed by atoms with Crippen molar-refractivity contribution in [2.24, 2.45) is 0 Å². The van der Waals surface area contributed by atoms with E-state index >= 15 is 0 Å². The van der Waals surface area contributed by atoms with Crippen molar-refractivity contribution in [3.63, 3.8) is 0 Å². The molecule has 1 saturated carbocycles. The van der Waals surface area contributed by atoms with Crippen molar-refractivity contribution in [3.8, 4) is 0 Å². The average Bonchev–Trinajstić information content (AvgIpc) is 2.98. The van der Waals surface area contributed by atoms with Crippen molar-refractivity contribution >= 4 is 5.97 Å².